The van der Waals surface area contributed by atoms with Gasteiger partial charge in [0, 0.05) is 5.56 Å². The van der Waals surface area contributed by atoms with E-state index in [1.165, 1.54) is 0 Å². The van der Waals surface area contributed by atoms with E-state index in [1.54, 1.807) is 0 Å². The second kappa shape index (κ2) is 3.73. The molecule has 0 spiro atoms. The minimum absolute atomic E-state index is 0.365. The van der Waals surface area contributed by atoms with Crippen LogP contribution in [0.1, 0.15) is 25.5 Å². The van der Waals surface area contributed by atoms with Gasteiger partial charge in [0.2, 0.25) is 0 Å². The molecular formula is C15H14O3. The minimum atomic E-state index is -0.638. The van der Waals surface area contributed by atoms with Gasteiger partial charge in [-0.2, -0.15) is 0 Å². The molecule has 0 radical (unpaired) electrons. The van der Waals surface area contributed by atoms with Crippen LogP contribution < -0.4 is 0 Å². The van der Waals surface area contributed by atoms with Gasteiger partial charge in [-0.25, -0.2) is 4.79 Å². The number of carbonyl (C=O) groups excluding carboxylic acids is 1. The van der Waals surface area contributed by atoms with Crippen LogP contribution in [0.15, 0.2) is 42.5 Å². The number of carbonyl (C=O) groups is 1. The molecule has 1 atom stereocenters. The van der Waals surface area contributed by atoms with Crippen molar-refractivity contribution in [1.29, 1.82) is 0 Å². The van der Waals surface area contributed by atoms with Crippen molar-refractivity contribution in [2.45, 2.75) is 25.6 Å². The van der Waals surface area contributed by atoms with Crippen LogP contribution in [-0.4, -0.2) is 11.8 Å². The van der Waals surface area contributed by atoms with Crippen LogP contribution in [0.5, 0.6) is 0 Å². The number of cyclic esters (lactones) is 2. The average Bonchev–Trinajstić information content (AvgIpc) is 2.61. The summed E-state index contributed by atoms with van der Waals surface area (Å²) < 4.78 is 10.5. The summed E-state index contributed by atoms with van der Waals surface area (Å²) in [5.74, 6) is 0. The van der Waals surface area contributed by atoms with Crippen molar-refractivity contribution in [3.8, 4) is 0 Å². The van der Waals surface area contributed by atoms with Crippen LogP contribution in [0.25, 0.3) is 10.8 Å². The Kier molecular flexibility index (Phi) is 2.30. The molecule has 1 saturated heterocycles. The Morgan fingerprint density at radius 1 is 1.06 bits per heavy atom. The first-order valence-corrected chi connectivity index (χ1v) is 5.95. The normalized spacial score (nSPS) is 21.7. The molecule has 0 bridgehead atoms. The van der Waals surface area contributed by atoms with Gasteiger partial charge in [-0.1, -0.05) is 42.5 Å². The SMILES string of the molecule is CC1(C)OC(=O)OC1c1cccc2ccccc12. The van der Waals surface area contributed by atoms with E-state index in [-0.39, 0.29) is 6.10 Å². The lowest BCUT2D eigenvalue weighted by molar-refractivity contribution is 0.0647. The highest BCUT2D eigenvalue weighted by Gasteiger charge is 2.45. The summed E-state index contributed by atoms with van der Waals surface area (Å²) in [4.78, 5) is 11.3. The molecule has 1 aliphatic rings. The Bertz CT molecular complexity index is 611. The lowest BCUT2D eigenvalue weighted by atomic mass is 9.91. The van der Waals surface area contributed by atoms with Crippen molar-refractivity contribution in [2.24, 2.45) is 0 Å². The summed E-state index contributed by atoms with van der Waals surface area (Å²) in [7, 11) is 0. The second-order valence-corrected chi connectivity index (χ2v) is 5.02. The molecular weight excluding hydrogens is 228 g/mol. The van der Waals surface area contributed by atoms with E-state index in [4.69, 9.17) is 9.47 Å². The molecule has 0 N–H and O–H groups in total. The maximum atomic E-state index is 11.3. The van der Waals surface area contributed by atoms with Crippen LogP contribution >= 0.6 is 0 Å². The predicted octanol–water partition coefficient (Wildman–Crippen LogP) is 3.83. The van der Waals surface area contributed by atoms with E-state index in [9.17, 15) is 4.79 Å². The first-order valence-electron chi connectivity index (χ1n) is 5.95. The fraction of sp³-hybridized carbons (Fsp3) is 0.267. The maximum Gasteiger partial charge on any atom is 0.509 e. The summed E-state index contributed by atoms with van der Waals surface area (Å²) >= 11 is 0. The smallest absolute Gasteiger partial charge is 0.424 e. The molecule has 0 aromatic heterocycles. The topological polar surface area (TPSA) is 35.5 Å². The molecule has 3 rings (SSSR count). The fourth-order valence-corrected chi connectivity index (χ4v) is 2.45. The van der Waals surface area contributed by atoms with E-state index in [1.807, 2.05) is 56.3 Å². The maximum absolute atomic E-state index is 11.3. The highest BCUT2D eigenvalue weighted by atomic mass is 16.8. The van der Waals surface area contributed by atoms with Crippen molar-refractivity contribution >= 4 is 16.9 Å². The van der Waals surface area contributed by atoms with Gasteiger partial charge in [0.05, 0.1) is 0 Å². The highest BCUT2D eigenvalue weighted by molar-refractivity contribution is 5.86. The molecule has 3 nitrogen and oxygen atoms in total. The van der Waals surface area contributed by atoms with Gasteiger partial charge < -0.3 is 9.47 Å². The Hall–Kier alpha value is -2.03. The molecule has 2 aromatic carbocycles. The molecule has 0 amide bonds. The first kappa shape index (κ1) is 11.1. The molecule has 0 aliphatic carbocycles. The van der Waals surface area contributed by atoms with Crippen molar-refractivity contribution in [2.75, 3.05) is 0 Å². The van der Waals surface area contributed by atoms with Crippen molar-refractivity contribution in [3.63, 3.8) is 0 Å². The molecule has 92 valence electrons. The quantitative estimate of drug-likeness (QED) is 0.713. The average molecular weight is 242 g/mol. The van der Waals surface area contributed by atoms with Gasteiger partial charge in [0.1, 0.15) is 0 Å². The third kappa shape index (κ3) is 1.63. The molecule has 2 aromatic rings. The Morgan fingerprint density at radius 3 is 2.50 bits per heavy atom. The first-order chi connectivity index (χ1) is 8.58. The van der Waals surface area contributed by atoms with Crippen LogP contribution in [0, 0.1) is 0 Å². The molecule has 1 unspecified atom stereocenters. The molecule has 3 heteroatoms. The third-order valence-electron chi connectivity index (χ3n) is 3.30. The van der Waals surface area contributed by atoms with Crippen LogP contribution in [-0.2, 0) is 9.47 Å². The lowest BCUT2D eigenvalue weighted by Crippen LogP contribution is -2.26. The van der Waals surface area contributed by atoms with Crippen LogP contribution in [0.4, 0.5) is 4.79 Å². The standard InChI is InChI=1S/C15H14O3/c1-15(2)13(17-14(16)18-15)12-9-5-7-10-6-3-4-8-11(10)12/h3-9,13H,1-2H3. The Morgan fingerprint density at radius 2 is 1.78 bits per heavy atom. The molecule has 1 fully saturated rings. The summed E-state index contributed by atoms with van der Waals surface area (Å²) in [5, 5.41) is 2.23. The van der Waals surface area contributed by atoms with Gasteiger partial charge in [-0.3, -0.25) is 0 Å². The molecule has 0 saturated carbocycles. The summed E-state index contributed by atoms with van der Waals surface area (Å²) in [5.41, 5.74) is 0.352. The van der Waals surface area contributed by atoms with Gasteiger partial charge in [0.25, 0.3) is 0 Å². The van der Waals surface area contributed by atoms with Crippen molar-refractivity contribution < 1.29 is 14.3 Å². The largest absolute Gasteiger partial charge is 0.509 e. The molecule has 18 heavy (non-hydrogen) atoms. The lowest BCUT2D eigenvalue weighted by Gasteiger charge is -2.23. The van der Waals surface area contributed by atoms with Crippen LogP contribution in [0.2, 0.25) is 0 Å². The number of fused-ring (bicyclic) bond motifs is 1. The summed E-state index contributed by atoms with van der Waals surface area (Å²) in [6, 6.07) is 14.1. The second-order valence-electron chi connectivity index (χ2n) is 5.02. The number of hydrogen-bond donors (Lipinski definition) is 0. The van der Waals surface area contributed by atoms with Crippen molar-refractivity contribution in [1.82, 2.24) is 0 Å². The van der Waals surface area contributed by atoms with Crippen molar-refractivity contribution in [3.05, 3.63) is 48.0 Å². The highest BCUT2D eigenvalue weighted by Crippen LogP contribution is 2.40. The fourth-order valence-electron chi connectivity index (χ4n) is 2.45. The number of rotatable bonds is 1. The third-order valence-corrected chi connectivity index (χ3v) is 3.30. The van der Waals surface area contributed by atoms with Gasteiger partial charge in [-0.05, 0) is 24.6 Å². The van der Waals surface area contributed by atoms with E-state index >= 15 is 0 Å². The Labute approximate surface area is 105 Å². The number of ether oxygens (including phenoxy) is 2. The monoisotopic (exact) mass is 242 g/mol. The van der Waals surface area contributed by atoms with E-state index < -0.39 is 11.8 Å². The number of hydrogen-bond acceptors (Lipinski definition) is 3. The summed E-state index contributed by atoms with van der Waals surface area (Å²) in [6.07, 6.45) is -0.964. The summed E-state index contributed by atoms with van der Waals surface area (Å²) in [6.45, 7) is 3.73. The molecule has 1 heterocycles. The minimum Gasteiger partial charge on any atom is -0.424 e. The zero-order chi connectivity index (χ0) is 12.8. The van der Waals surface area contributed by atoms with Gasteiger partial charge in [0.15, 0.2) is 11.7 Å². The number of benzene rings is 2. The van der Waals surface area contributed by atoms with E-state index in [2.05, 4.69) is 0 Å². The van der Waals surface area contributed by atoms with E-state index in [0.717, 1.165) is 16.3 Å². The van der Waals surface area contributed by atoms with Gasteiger partial charge >= 0.3 is 6.16 Å². The Balaban J connectivity index is 2.18. The molecule has 1 aliphatic heterocycles. The zero-order valence-corrected chi connectivity index (χ0v) is 10.3. The van der Waals surface area contributed by atoms with Gasteiger partial charge in [-0.15, -0.1) is 0 Å². The van der Waals surface area contributed by atoms with E-state index in [0.29, 0.717) is 0 Å². The zero-order valence-electron chi connectivity index (χ0n) is 10.3. The van der Waals surface area contributed by atoms with Crippen LogP contribution in [0.3, 0.4) is 0 Å². The predicted molar refractivity (Wildman–Crippen MR) is 68.3 cm³/mol.